The Morgan fingerprint density at radius 1 is 1.04 bits per heavy atom. The highest BCUT2D eigenvalue weighted by Crippen LogP contribution is 2.25. The molecule has 1 amide bonds. The van der Waals surface area contributed by atoms with Crippen molar-refractivity contribution in [1.29, 1.82) is 0 Å². The van der Waals surface area contributed by atoms with Gasteiger partial charge in [-0.05, 0) is 17.7 Å². The maximum absolute atomic E-state index is 12.5. The van der Waals surface area contributed by atoms with Crippen LogP contribution in [-0.2, 0) is 6.54 Å². The van der Waals surface area contributed by atoms with Crippen molar-refractivity contribution >= 4 is 16.8 Å². The van der Waals surface area contributed by atoms with Gasteiger partial charge >= 0.3 is 0 Å². The molecule has 5 heteroatoms. The molecule has 24 heavy (non-hydrogen) atoms. The van der Waals surface area contributed by atoms with Crippen molar-refractivity contribution in [2.75, 3.05) is 0 Å². The molecule has 2 heterocycles. The Labute approximate surface area is 138 Å². The van der Waals surface area contributed by atoms with Crippen LogP contribution in [0.3, 0.4) is 0 Å². The lowest BCUT2D eigenvalue weighted by molar-refractivity contribution is 0.0951. The van der Waals surface area contributed by atoms with E-state index in [9.17, 15) is 4.79 Å². The van der Waals surface area contributed by atoms with Crippen LogP contribution in [0.15, 0.2) is 66.9 Å². The number of rotatable bonds is 4. The molecule has 0 unspecified atom stereocenters. The second-order valence-corrected chi connectivity index (χ2v) is 5.60. The first-order valence-electron chi connectivity index (χ1n) is 7.75. The van der Waals surface area contributed by atoms with Crippen LogP contribution in [-0.4, -0.2) is 21.1 Å². The number of fused-ring (bicyclic) bond motifs is 1. The molecule has 0 saturated heterocycles. The number of aromatic amines is 2. The predicted octanol–water partition coefficient (Wildman–Crippen LogP) is 3.49. The lowest BCUT2D eigenvalue weighted by Gasteiger charge is -2.05. The fraction of sp³-hybridized carbons (Fsp3) is 0.0526. The number of aromatic nitrogens is 3. The van der Waals surface area contributed by atoms with E-state index in [4.69, 9.17) is 0 Å². The molecule has 0 aliphatic heterocycles. The molecule has 2 aromatic heterocycles. The van der Waals surface area contributed by atoms with Gasteiger partial charge in [0, 0.05) is 17.4 Å². The van der Waals surface area contributed by atoms with E-state index >= 15 is 0 Å². The number of H-pyrrole nitrogens is 2. The van der Waals surface area contributed by atoms with E-state index in [1.807, 2.05) is 60.7 Å². The minimum atomic E-state index is -0.152. The maximum atomic E-state index is 12.5. The number of nitrogens with zero attached hydrogens (tertiary/aromatic N) is 1. The van der Waals surface area contributed by atoms with Gasteiger partial charge in [-0.1, -0.05) is 48.5 Å². The average Bonchev–Trinajstić information content (AvgIpc) is 3.26. The molecule has 0 fully saturated rings. The third-order valence-corrected chi connectivity index (χ3v) is 3.98. The highest BCUT2D eigenvalue weighted by atomic mass is 16.1. The molecule has 3 N–H and O–H groups in total. The van der Waals surface area contributed by atoms with Gasteiger partial charge in [-0.15, -0.1) is 0 Å². The summed E-state index contributed by atoms with van der Waals surface area (Å²) in [6.45, 7) is 0.483. The van der Waals surface area contributed by atoms with Crippen LogP contribution >= 0.6 is 0 Å². The molecular weight excluding hydrogens is 300 g/mol. The first-order chi connectivity index (χ1) is 11.8. The second-order valence-electron chi connectivity index (χ2n) is 5.60. The van der Waals surface area contributed by atoms with E-state index in [2.05, 4.69) is 20.5 Å². The largest absolute Gasteiger partial charge is 0.353 e. The zero-order valence-corrected chi connectivity index (χ0v) is 12.9. The summed E-state index contributed by atoms with van der Waals surface area (Å²) in [7, 11) is 0. The van der Waals surface area contributed by atoms with Crippen molar-refractivity contribution in [2.45, 2.75) is 6.54 Å². The first kappa shape index (κ1) is 14.3. The minimum Gasteiger partial charge on any atom is -0.353 e. The molecule has 0 aliphatic rings. The molecule has 0 spiro atoms. The number of para-hydroxylation sites is 1. The predicted molar refractivity (Wildman–Crippen MR) is 93.5 cm³/mol. The summed E-state index contributed by atoms with van der Waals surface area (Å²) < 4.78 is 0. The molecule has 0 saturated carbocycles. The number of hydrogen-bond donors (Lipinski definition) is 3. The van der Waals surface area contributed by atoms with Crippen molar-refractivity contribution in [2.24, 2.45) is 0 Å². The van der Waals surface area contributed by atoms with Gasteiger partial charge in [-0.2, -0.15) is 5.10 Å². The monoisotopic (exact) mass is 316 g/mol. The fourth-order valence-electron chi connectivity index (χ4n) is 2.75. The molecule has 0 atom stereocenters. The van der Waals surface area contributed by atoms with E-state index in [1.54, 1.807) is 6.20 Å². The molecule has 118 valence electrons. The van der Waals surface area contributed by atoms with Crippen molar-refractivity contribution < 1.29 is 4.79 Å². The van der Waals surface area contributed by atoms with Crippen LogP contribution in [0.2, 0.25) is 0 Å². The van der Waals surface area contributed by atoms with E-state index in [-0.39, 0.29) is 5.91 Å². The molecular formula is C19H16N4O. The minimum absolute atomic E-state index is 0.152. The Balaban J connectivity index is 1.58. The molecule has 0 radical (unpaired) electrons. The van der Waals surface area contributed by atoms with Crippen LogP contribution in [0, 0.1) is 0 Å². The zero-order chi connectivity index (χ0) is 16.4. The number of carbonyl (C=O) groups excluding carboxylic acids is 1. The number of amides is 1. The summed E-state index contributed by atoms with van der Waals surface area (Å²) in [6.07, 6.45) is 1.56. The maximum Gasteiger partial charge on any atom is 0.255 e. The standard InChI is InChI=1S/C19H16N4O/c24-19(20-11-13-6-2-1-3-7-13)15-12-21-23-18(15)17-10-14-8-4-5-9-16(14)22-17/h1-10,12,22H,11H2,(H,20,24)(H,21,23). The first-order valence-corrected chi connectivity index (χ1v) is 7.75. The molecule has 2 aromatic carbocycles. The van der Waals surface area contributed by atoms with E-state index < -0.39 is 0 Å². The van der Waals surface area contributed by atoms with Crippen molar-refractivity contribution in [1.82, 2.24) is 20.5 Å². The smallest absolute Gasteiger partial charge is 0.255 e. The number of nitrogens with one attached hydrogen (secondary N) is 3. The van der Waals surface area contributed by atoms with Gasteiger partial charge in [0.1, 0.15) is 0 Å². The highest BCUT2D eigenvalue weighted by Gasteiger charge is 2.16. The van der Waals surface area contributed by atoms with E-state index in [0.717, 1.165) is 22.2 Å². The molecule has 0 bridgehead atoms. The quantitative estimate of drug-likeness (QED) is 0.539. The van der Waals surface area contributed by atoms with Gasteiger partial charge in [-0.25, -0.2) is 0 Å². The Bertz CT molecular complexity index is 952. The van der Waals surface area contributed by atoms with Gasteiger partial charge in [0.15, 0.2) is 0 Å². The Morgan fingerprint density at radius 3 is 2.67 bits per heavy atom. The zero-order valence-electron chi connectivity index (χ0n) is 12.9. The van der Waals surface area contributed by atoms with Crippen molar-refractivity contribution in [3.63, 3.8) is 0 Å². The molecule has 0 aliphatic carbocycles. The summed E-state index contributed by atoms with van der Waals surface area (Å²) in [5, 5.41) is 11.0. The average molecular weight is 316 g/mol. The summed E-state index contributed by atoms with van der Waals surface area (Å²) in [4.78, 5) is 15.8. The van der Waals surface area contributed by atoms with E-state index in [0.29, 0.717) is 17.8 Å². The fourth-order valence-corrected chi connectivity index (χ4v) is 2.75. The van der Waals surface area contributed by atoms with Crippen LogP contribution in [0.25, 0.3) is 22.3 Å². The normalized spacial score (nSPS) is 10.8. The van der Waals surface area contributed by atoms with Gasteiger partial charge in [-0.3, -0.25) is 9.89 Å². The Kier molecular flexibility index (Phi) is 3.59. The van der Waals surface area contributed by atoms with Crippen molar-refractivity contribution in [3.8, 4) is 11.4 Å². The van der Waals surface area contributed by atoms with Crippen molar-refractivity contribution in [3.05, 3.63) is 78.0 Å². The third-order valence-electron chi connectivity index (χ3n) is 3.98. The third kappa shape index (κ3) is 2.67. The Morgan fingerprint density at radius 2 is 1.83 bits per heavy atom. The SMILES string of the molecule is O=C(NCc1ccccc1)c1cn[nH]c1-c1cc2ccccc2[nH]1. The number of hydrogen-bond acceptors (Lipinski definition) is 2. The number of carbonyl (C=O) groups is 1. The lowest BCUT2D eigenvalue weighted by atomic mass is 10.1. The Hall–Kier alpha value is -3.34. The van der Waals surface area contributed by atoms with E-state index in [1.165, 1.54) is 0 Å². The van der Waals surface area contributed by atoms with Crippen LogP contribution in [0.5, 0.6) is 0 Å². The number of benzene rings is 2. The summed E-state index contributed by atoms with van der Waals surface area (Å²) >= 11 is 0. The van der Waals surface area contributed by atoms with Gasteiger partial charge in [0.25, 0.3) is 5.91 Å². The lowest BCUT2D eigenvalue weighted by Crippen LogP contribution is -2.22. The summed E-state index contributed by atoms with van der Waals surface area (Å²) in [6, 6.07) is 19.8. The summed E-state index contributed by atoms with van der Waals surface area (Å²) in [5.41, 5.74) is 4.15. The highest BCUT2D eigenvalue weighted by molar-refractivity contribution is 6.00. The molecule has 4 aromatic rings. The van der Waals surface area contributed by atoms with Crippen LogP contribution in [0.4, 0.5) is 0 Å². The van der Waals surface area contributed by atoms with Gasteiger partial charge in [0.05, 0.1) is 23.1 Å². The molecule has 5 nitrogen and oxygen atoms in total. The van der Waals surface area contributed by atoms with Crippen LogP contribution < -0.4 is 5.32 Å². The summed E-state index contributed by atoms with van der Waals surface area (Å²) in [5.74, 6) is -0.152. The van der Waals surface area contributed by atoms with Gasteiger partial charge < -0.3 is 10.3 Å². The second kappa shape index (κ2) is 6.04. The topological polar surface area (TPSA) is 73.6 Å². The van der Waals surface area contributed by atoms with Crippen LogP contribution in [0.1, 0.15) is 15.9 Å². The molecule has 4 rings (SSSR count). The van der Waals surface area contributed by atoms with Gasteiger partial charge in [0.2, 0.25) is 0 Å².